The van der Waals surface area contributed by atoms with Crippen LogP contribution in [-0.4, -0.2) is 19.6 Å². The maximum atomic E-state index is 12.8. The Labute approximate surface area is 123 Å². The van der Waals surface area contributed by atoms with Gasteiger partial charge in [0.05, 0.1) is 4.90 Å². The predicted molar refractivity (Wildman–Crippen MR) is 78.0 cm³/mol. The van der Waals surface area contributed by atoms with E-state index in [1.54, 1.807) is 19.1 Å². The fourth-order valence-electron chi connectivity index (χ4n) is 2.00. The van der Waals surface area contributed by atoms with Crippen molar-refractivity contribution in [1.29, 1.82) is 0 Å². The zero-order valence-electron chi connectivity index (χ0n) is 11.5. The molecule has 2 rings (SSSR count). The molecule has 0 aliphatic heterocycles. The minimum Gasteiger partial charge on any atom is -0.508 e. The summed E-state index contributed by atoms with van der Waals surface area (Å²) >= 11 is 0. The molecule has 0 saturated carbocycles. The fourth-order valence-corrected chi connectivity index (χ4v) is 3.28. The fraction of sp³-hybridized carbons (Fsp3) is 0.200. The molecule has 4 nitrogen and oxygen atoms in total. The molecule has 0 spiro atoms. The van der Waals surface area contributed by atoms with Gasteiger partial charge in [0, 0.05) is 6.04 Å². The van der Waals surface area contributed by atoms with E-state index in [0.717, 1.165) is 5.56 Å². The molecule has 0 heterocycles. The van der Waals surface area contributed by atoms with Crippen LogP contribution in [-0.2, 0) is 16.4 Å². The third-order valence-corrected chi connectivity index (χ3v) is 4.53. The minimum absolute atomic E-state index is 0.00783. The summed E-state index contributed by atoms with van der Waals surface area (Å²) in [6.07, 6.45) is 0.443. The Morgan fingerprint density at radius 1 is 1.19 bits per heavy atom. The van der Waals surface area contributed by atoms with Gasteiger partial charge in [-0.1, -0.05) is 18.2 Å². The van der Waals surface area contributed by atoms with E-state index >= 15 is 0 Å². The molecule has 1 unspecified atom stereocenters. The van der Waals surface area contributed by atoms with E-state index in [1.165, 1.54) is 36.4 Å². The van der Waals surface area contributed by atoms with Crippen molar-refractivity contribution in [2.45, 2.75) is 24.3 Å². The highest BCUT2D eigenvalue weighted by molar-refractivity contribution is 7.89. The Bertz CT molecular complexity index is 714. The molecular weight excluding hydrogens is 293 g/mol. The van der Waals surface area contributed by atoms with Gasteiger partial charge in [-0.3, -0.25) is 0 Å². The molecule has 2 aromatic rings. The van der Waals surface area contributed by atoms with Crippen LogP contribution in [0.25, 0.3) is 0 Å². The molecule has 0 aliphatic carbocycles. The van der Waals surface area contributed by atoms with Gasteiger partial charge in [-0.25, -0.2) is 17.5 Å². The summed E-state index contributed by atoms with van der Waals surface area (Å²) in [6.45, 7) is 1.73. The van der Waals surface area contributed by atoms with Crippen LogP contribution in [0.3, 0.4) is 0 Å². The Hall–Kier alpha value is -1.92. The van der Waals surface area contributed by atoms with Crippen LogP contribution >= 0.6 is 0 Å². The molecule has 0 saturated heterocycles. The second kappa shape index (κ2) is 6.24. The van der Waals surface area contributed by atoms with Crippen molar-refractivity contribution in [2.75, 3.05) is 0 Å². The zero-order valence-corrected chi connectivity index (χ0v) is 12.3. The minimum atomic E-state index is -3.69. The van der Waals surface area contributed by atoms with Crippen molar-refractivity contribution in [2.24, 2.45) is 0 Å². The highest BCUT2D eigenvalue weighted by atomic mass is 32.2. The van der Waals surface area contributed by atoms with Gasteiger partial charge < -0.3 is 5.11 Å². The van der Waals surface area contributed by atoms with Gasteiger partial charge in [0.15, 0.2) is 0 Å². The Balaban J connectivity index is 2.07. The summed E-state index contributed by atoms with van der Waals surface area (Å²) in [6, 6.07) is 11.0. The van der Waals surface area contributed by atoms with Gasteiger partial charge in [-0.15, -0.1) is 0 Å². The zero-order chi connectivity index (χ0) is 15.5. The van der Waals surface area contributed by atoms with Crippen LogP contribution in [0, 0.1) is 5.82 Å². The SMILES string of the molecule is CC(Cc1ccc(F)cc1)NS(=O)(=O)c1cccc(O)c1. The number of phenolic OH excluding ortho intramolecular Hbond substituents is 1. The summed E-state index contributed by atoms with van der Waals surface area (Å²) in [5, 5.41) is 9.34. The molecule has 2 N–H and O–H groups in total. The first-order valence-electron chi connectivity index (χ1n) is 6.42. The van der Waals surface area contributed by atoms with Crippen LogP contribution in [0.1, 0.15) is 12.5 Å². The maximum Gasteiger partial charge on any atom is 0.240 e. The molecule has 21 heavy (non-hydrogen) atoms. The third kappa shape index (κ3) is 4.27. The van der Waals surface area contributed by atoms with Crippen molar-refractivity contribution >= 4 is 10.0 Å². The Morgan fingerprint density at radius 2 is 1.86 bits per heavy atom. The second-order valence-corrected chi connectivity index (χ2v) is 6.56. The van der Waals surface area contributed by atoms with Gasteiger partial charge >= 0.3 is 0 Å². The molecule has 0 radical (unpaired) electrons. The third-order valence-electron chi connectivity index (χ3n) is 2.94. The number of hydrogen-bond acceptors (Lipinski definition) is 3. The molecule has 0 fully saturated rings. The summed E-state index contributed by atoms with van der Waals surface area (Å²) in [5.74, 6) is -0.434. The van der Waals surface area contributed by atoms with Gasteiger partial charge in [-0.05, 0) is 49.2 Å². The number of hydrogen-bond donors (Lipinski definition) is 2. The molecular formula is C15H16FNO3S. The lowest BCUT2D eigenvalue weighted by Gasteiger charge is -2.14. The molecule has 1 atom stereocenters. The van der Waals surface area contributed by atoms with E-state index in [4.69, 9.17) is 0 Å². The van der Waals surface area contributed by atoms with E-state index in [-0.39, 0.29) is 22.5 Å². The van der Waals surface area contributed by atoms with Gasteiger partial charge in [0.1, 0.15) is 11.6 Å². The summed E-state index contributed by atoms with van der Waals surface area (Å²) < 4.78 is 39.7. The first-order valence-corrected chi connectivity index (χ1v) is 7.91. The highest BCUT2D eigenvalue weighted by Crippen LogP contribution is 2.16. The number of aromatic hydroxyl groups is 1. The number of phenols is 1. The normalized spacial score (nSPS) is 13.0. The van der Waals surface area contributed by atoms with Gasteiger partial charge in [-0.2, -0.15) is 0 Å². The molecule has 112 valence electrons. The van der Waals surface area contributed by atoms with Gasteiger partial charge in [0.2, 0.25) is 10.0 Å². The first kappa shape index (κ1) is 15.5. The Kier molecular flexibility index (Phi) is 4.59. The first-order chi connectivity index (χ1) is 9.87. The molecule has 0 aliphatic rings. The van der Waals surface area contributed by atoms with Gasteiger partial charge in [0.25, 0.3) is 0 Å². The largest absolute Gasteiger partial charge is 0.508 e. The number of nitrogens with one attached hydrogen (secondary N) is 1. The average molecular weight is 309 g/mol. The van der Waals surface area contributed by atoms with E-state index in [1.807, 2.05) is 0 Å². The van der Waals surface area contributed by atoms with Crippen molar-refractivity contribution in [3.63, 3.8) is 0 Å². The molecule has 0 amide bonds. The molecule has 0 bridgehead atoms. The van der Waals surface area contributed by atoms with Crippen LogP contribution in [0.4, 0.5) is 4.39 Å². The second-order valence-electron chi connectivity index (χ2n) is 4.85. The summed E-state index contributed by atoms with van der Waals surface area (Å²) in [7, 11) is -3.69. The lowest BCUT2D eigenvalue weighted by Crippen LogP contribution is -2.34. The average Bonchev–Trinajstić information content (AvgIpc) is 2.41. The van der Waals surface area contributed by atoms with Crippen LogP contribution in [0.15, 0.2) is 53.4 Å². The smallest absolute Gasteiger partial charge is 0.240 e. The lowest BCUT2D eigenvalue weighted by atomic mass is 10.1. The van der Waals surface area contributed by atoms with Crippen molar-refractivity contribution in [3.8, 4) is 5.75 Å². The van der Waals surface area contributed by atoms with Crippen LogP contribution < -0.4 is 4.72 Å². The quantitative estimate of drug-likeness (QED) is 0.891. The van der Waals surface area contributed by atoms with Crippen molar-refractivity contribution in [1.82, 2.24) is 4.72 Å². The predicted octanol–water partition coefficient (Wildman–Crippen LogP) is 2.44. The molecule has 2 aromatic carbocycles. The van der Waals surface area contributed by atoms with Crippen molar-refractivity contribution in [3.05, 3.63) is 59.9 Å². The number of halogens is 1. The lowest BCUT2D eigenvalue weighted by molar-refractivity contribution is 0.473. The number of benzene rings is 2. The number of sulfonamides is 1. The topological polar surface area (TPSA) is 66.4 Å². The van der Waals surface area contributed by atoms with E-state index in [0.29, 0.717) is 6.42 Å². The summed E-state index contributed by atoms with van der Waals surface area (Å²) in [4.78, 5) is 0.00783. The van der Waals surface area contributed by atoms with Crippen LogP contribution in [0.2, 0.25) is 0 Å². The van der Waals surface area contributed by atoms with Crippen molar-refractivity contribution < 1.29 is 17.9 Å². The summed E-state index contributed by atoms with van der Waals surface area (Å²) in [5.41, 5.74) is 0.836. The Morgan fingerprint density at radius 3 is 2.48 bits per heavy atom. The van der Waals surface area contributed by atoms with E-state index < -0.39 is 10.0 Å². The van der Waals surface area contributed by atoms with E-state index in [9.17, 15) is 17.9 Å². The molecule has 0 aromatic heterocycles. The van der Waals surface area contributed by atoms with Crippen LogP contribution in [0.5, 0.6) is 5.75 Å². The highest BCUT2D eigenvalue weighted by Gasteiger charge is 2.17. The molecule has 6 heteroatoms. The maximum absolute atomic E-state index is 12.8. The standard InChI is InChI=1S/C15H16FNO3S/c1-11(9-12-5-7-13(16)8-6-12)17-21(19,20)15-4-2-3-14(18)10-15/h2-8,10-11,17-18H,9H2,1H3. The number of rotatable bonds is 5. The van der Waals surface area contributed by atoms with E-state index in [2.05, 4.69) is 4.72 Å². The monoisotopic (exact) mass is 309 g/mol.